The van der Waals surface area contributed by atoms with Gasteiger partial charge in [0.1, 0.15) is 0 Å². The molecule has 2 rings (SSSR count). The first kappa shape index (κ1) is 13.4. The summed E-state index contributed by atoms with van der Waals surface area (Å²) in [6, 6.07) is 9.11. The molecule has 1 fully saturated rings. The summed E-state index contributed by atoms with van der Waals surface area (Å²) in [7, 11) is 8.38. The number of benzene rings is 1. The Kier molecular flexibility index (Phi) is 4.28. The third kappa shape index (κ3) is 2.86. The Morgan fingerprint density at radius 3 is 1.83 bits per heavy atom. The number of hydrogen-bond donors (Lipinski definition) is 0. The molecule has 2 nitrogen and oxygen atoms in total. The van der Waals surface area contributed by atoms with E-state index in [-0.39, 0.29) is 0 Å². The molecule has 1 aliphatic carbocycles. The SMILES string of the molecule is CN(C)c1ccc(C([C]2[CH][CH][CH][CH]2)N(C)C)cc1. The van der Waals surface area contributed by atoms with Crippen molar-refractivity contribution in [1.29, 1.82) is 0 Å². The summed E-state index contributed by atoms with van der Waals surface area (Å²) >= 11 is 0. The third-order valence-corrected chi connectivity index (χ3v) is 3.25. The van der Waals surface area contributed by atoms with E-state index in [1.165, 1.54) is 17.2 Å². The molecule has 1 unspecified atom stereocenters. The standard InChI is InChI=1S/C16H21N2/c1-17(2)15-11-9-14(10-12-15)16(18(3)4)13-7-5-6-8-13/h5-12,16H,1-4H3. The molecule has 0 amide bonds. The molecule has 1 aromatic rings. The number of anilines is 1. The fraction of sp³-hybridized carbons (Fsp3) is 0.312. The minimum absolute atomic E-state index is 0.330. The van der Waals surface area contributed by atoms with Crippen LogP contribution in [0.3, 0.4) is 0 Å². The molecule has 0 bridgehead atoms. The third-order valence-electron chi connectivity index (χ3n) is 3.25. The van der Waals surface area contributed by atoms with Crippen LogP contribution < -0.4 is 4.90 Å². The molecule has 1 atom stereocenters. The van der Waals surface area contributed by atoms with Crippen LogP contribution in [-0.2, 0) is 0 Å². The summed E-state index contributed by atoms with van der Waals surface area (Å²) in [6.07, 6.45) is 8.56. The molecule has 0 N–H and O–H groups in total. The maximum atomic E-state index is 2.25. The molecule has 1 saturated carbocycles. The molecule has 2 heteroatoms. The first-order valence-electron chi connectivity index (χ1n) is 6.25. The zero-order chi connectivity index (χ0) is 13.1. The predicted octanol–water partition coefficient (Wildman–Crippen LogP) is 2.76. The minimum atomic E-state index is 0.330. The second-order valence-corrected chi connectivity index (χ2v) is 5.07. The highest BCUT2D eigenvalue weighted by atomic mass is 15.1. The van der Waals surface area contributed by atoms with E-state index in [0.717, 1.165) is 0 Å². The van der Waals surface area contributed by atoms with Crippen molar-refractivity contribution in [2.24, 2.45) is 0 Å². The Morgan fingerprint density at radius 2 is 1.39 bits per heavy atom. The van der Waals surface area contributed by atoms with E-state index in [1.807, 2.05) is 0 Å². The monoisotopic (exact) mass is 241 g/mol. The summed E-state index contributed by atoms with van der Waals surface area (Å²) in [5.74, 6) is 1.35. The first-order valence-corrected chi connectivity index (χ1v) is 6.25. The van der Waals surface area contributed by atoms with Gasteiger partial charge in [-0.25, -0.2) is 0 Å². The van der Waals surface area contributed by atoms with Crippen LogP contribution in [-0.4, -0.2) is 33.1 Å². The van der Waals surface area contributed by atoms with Gasteiger partial charge in [0.25, 0.3) is 0 Å². The Bertz CT molecular complexity index is 361. The highest BCUT2D eigenvalue weighted by Crippen LogP contribution is 2.38. The Hall–Kier alpha value is -1.02. The molecular weight excluding hydrogens is 220 g/mol. The summed E-state index contributed by atoms with van der Waals surface area (Å²) in [5, 5.41) is 0. The highest BCUT2D eigenvalue weighted by molar-refractivity contribution is 5.49. The fourth-order valence-electron chi connectivity index (χ4n) is 2.31. The lowest BCUT2D eigenvalue weighted by Crippen LogP contribution is -2.25. The van der Waals surface area contributed by atoms with Crippen LogP contribution in [0.1, 0.15) is 11.6 Å². The van der Waals surface area contributed by atoms with Crippen molar-refractivity contribution in [2.75, 3.05) is 33.1 Å². The average Bonchev–Trinajstić information content (AvgIpc) is 2.83. The van der Waals surface area contributed by atoms with Crippen molar-refractivity contribution < 1.29 is 0 Å². The number of nitrogens with zero attached hydrogens (tertiary/aromatic N) is 2. The maximum absolute atomic E-state index is 2.25. The van der Waals surface area contributed by atoms with E-state index < -0.39 is 0 Å². The van der Waals surface area contributed by atoms with Gasteiger partial charge >= 0.3 is 0 Å². The molecule has 18 heavy (non-hydrogen) atoms. The lowest BCUT2D eigenvalue weighted by atomic mass is 9.90. The highest BCUT2D eigenvalue weighted by Gasteiger charge is 2.29. The van der Waals surface area contributed by atoms with Crippen molar-refractivity contribution in [1.82, 2.24) is 4.90 Å². The van der Waals surface area contributed by atoms with Gasteiger partial charge in [0, 0.05) is 31.7 Å². The van der Waals surface area contributed by atoms with Gasteiger partial charge in [0.15, 0.2) is 0 Å². The summed E-state index contributed by atoms with van der Waals surface area (Å²) in [6.45, 7) is 0. The molecule has 1 aromatic carbocycles. The summed E-state index contributed by atoms with van der Waals surface area (Å²) in [4.78, 5) is 4.37. The Labute approximate surface area is 112 Å². The summed E-state index contributed by atoms with van der Waals surface area (Å²) < 4.78 is 0. The van der Waals surface area contributed by atoms with Gasteiger partial charge in [-0.3, -0.25) is 0 Å². The van der Waals surface area contributed by atoms with Crippen LogP contribution >= 0.6 is 0 Å². The van der Waals surface area contributed by atoms with Crippen LogP contribution in [0.4, 0.5) is 5.69 Å². The number of hydrogen-bond acceptors (Lipinski definition) is 2. The molecule has 0 aliphatic heterocycles. The van der Waals surface area contributed by atoms with Gasteiger partial charge < -0.3 is 9.80 Å². The van der Waals surface area contributed by atoms with E-state index in [4.69, 9.17) is 0 Å². The quantitative estimate of drug-likeness (QED) is 0.800. The van der Waals surface area contributed by atoms with Crippen LogP contribution in [0.5, 0.6) is 0 Å². The number of rotatable bonds is 4. The van der Waals surface area contributed by atoms with Crippen molar-refractivity contribution in [3.63, 3.8) is 0 Å². The topological polar surface area (TPSA) is 6.48 Å². The van der Waals surface area contributed by atoms with Crippen molar-refractivity contribution in [3.8, 4) is 0 Å². The van der Waals surface area contributed by atoms with Gasteiger partial charge in [0.05, 0.1) is 0 Å². The van der Waals surface area contributed by atoms with Crippen LogP contribution in [0.25, 0.3) is 0 Å². The second-order valence-electron chi connectivity index (χ2n) is 5.07. The Morgan fingerprint density at radius 1 is 0.833 bits per heavy atom. The van der Waals surface area contributed by atoms with E-state index in [2.05, 4.69) is 87.9 Å². The van der Waals surface area contributed by atoms with Gasteiger partial charge in [-0.1, -0.05) is 12.1 Å². The van der Waals surface area contributed by atoms with E-state index in [9.17, 15) is 0 Å². The van der Waals surface area contributed by atoms with Crippen molar-refractivity contribution in [3.05, 3.63) is 61.4 Å². The normalized spacial score (nSPS) is 18.3. The van der Waals surface area contributed by atoms with Crippen LogP contribution in [0.2, 0.25) is 0 Å². The van der Waals surface area contributed by atoms with E-state index >= 15 is 0 Å². The van der Waals surface area contributed by atoms with Gasteiger partial charge in [-0.15, -0.1) is 0 Å². The molecule has 95 valence electrons. The van der Waals surface area contributed by atoms with Gasteiger partial charge in [0.2, 0.25) is 0 Å². The van der Waals surface area contributed by atoms with Crippen molar-refractivity contribution >= 4 is 5.69 Å². The van der Waals surface area contributed by atoms with E-state index in [1.54, 1.807) is 0 Å². The van der Waals surface area contributed by atoms with Crippen LogP contribution in [0, 0.1) is 31.6 Å². The van der Waals surface area contributed by atoms with Crippen LogP contribution in [0.15, 0.2) is 24.3 Å². The zero-order valence-electron chi connectivity index (χ0n) is 11.6. The predicted molar refractivity (Wildman–Crippen MR) is 77.6 cm³/mol. The Balaban J connectivity index is 2.19. The molecule has 0 saturated heterocycles. The molecule has 5 radical (unpaired) electrons. The van der Waals surface area contributed by atoms with Gasteiger partial charge in [-0.2, -0.15) is 0 Å². The first-order chi connectivity index (χ1) is 8.59. The lowest BCUT2D eigenvalue weighted by molar-refractivity contribution is 0.321. The molecule has 0 spiro atoms. The van der Waals surface area contributed by atoms with Gasteiger partial charge in [-0.05, 0) is 57.5 Å². The molecule has 0 aromatic heterocycles. The molecule has 0 heterocycles. The minimum Gasteiger partial charge on any atom is -0.378 e. The largest absolute Gasteiger partial charge is 0.378 e. The van der Waals surface area contributed by atoms with E-state index in [0.29, 0.717) is 6.04 Å². The summed E-state index contributed by atoms with van der Waals surface area (Å²) in [5.41, 5.74) is 2.57. The second kappa shape index (κ2) is 5.75. The average molecular weight is 241 g/mol. The smallest absolute Gasteiger partial charge is 0.0410 e. The molecule has 1 aliphatic rings. The maximum Gasteiger partial charge on any atom is 0.0410 e. The fourth-order valence-corrected chi connectivity index (χ4v) is 2.31. The molecular formula is C16H21N2. The van der Waals surface area contributed by atoms with Crippen molar-refractivity contribution in [2.45, 2.75) is 6.04 Å². The zero-order valence-corrected chi connectivity index (χ0v) is 11.6. The lowest BCUT2D eigenvalue weighted by Gasteiger charge is -2.30.